The van der Waals surface area contributed by atoms with E-state index in [4.69, 9.17) is 0 Å². The summed E-state index contributed by atoms with van der Waals surface area (Å²) in [4.78, 5) is 6.74. The maximum absolute atomic E-state index is 4.48. The third-order valence-corrected chi connectivity index (χ3v) is 4.67. The Labute approximate surface area is 161 Å². The Morgan fingerprint density at radius 2 is 2.04 bits per heavy atom. The molecule has 5 nitrogen and oxygen atoms in total. The van der Waals surface area contributed by atoms with Crippen LogP contribution in [0.25, 0.3) is 0 Å². The van der Waals surface area contributed by atoms with Crippen LogP contribution in [0.15, 0.2) is 29.3 Å². The molecule has 0 atom stereocenters. The van der Waals surface area contributed by atoms with Crippen LogP contribution in [0, 0.1) is 13.8 Å². The Hall–Kier alpha value is -1.57. The molecule has 2 heterocycles. The van der Waals surface area contributed by atoms with E-state index in [1.165, 1.54) is 22.5 Å². The third kappa shape index (κ3) is 3.58. The number of halogens is 1. The molecule has 0 saturated heterocycles. The Morgan fingerprint density at radius 3 is 2.71 bits per heavy atom. The predicted octanol–water partition coefficient (Wildman–Crippen LogP) is 2.84. The van der Waals surface area contributed by atoms with E-state index in [1.807, 2.05) is 18.8 Å². The number of fused-ring (bicyclic) bond motifs is 1. The van der Waals surface area contributed by atoms with Gasteiger partial charge in [-0.25, -0.2) is 0 Å². The van der Waals surface area contributed by atoms with Crippen LogP contribution in [0.2, 0.25) is 0 Å². The highest BCUT2D eigenvalue weighted by atomic mass is 127. The summed E-state index contributed by atoms with van der Waals surface area (Å²) in [6, 6.07) is 8.56. The number of nitrogens with zero attached hydrogens (tertiary/aromatic N) is 4. The van der Waals surface area contributed by atoms with E-state index in [0.717, 1.165) is 37.6 Å². The number of anilines is 1. The summed E-state index contributed by atoms with van der Waals surface area (Å²) in [5.74, 6) is 0.953. The van der Waals surface area contributed by atoms with Gasteiger partial charge in [0.1, 0.15) is 0 Å². The van der Waals surface area contributed by atoms with Crippen LogP contribution in [-0.4, -0.2) is 35.9 Å². The van der Waals surface area contributed by atoms with Crippen molar-refractivity contribution in [3.63, 3.8) is 0 Å². The molecule has 0 unspecified atom stereocenters. The number of guanidine groups is 1. The lowest BCUT2D eigenvalue weighted by atomic mass is 10.1. The number of hydrogen-bond donors (Lipinski definition) is 1. The van der Waals surface area contributed by atoms with Crippen molar-refractivity contribution in [1.29, 1.82) is 0 Å². The minimum atomic E-state index is 0. The van der Waals surface area contributed by atoms with Gasteiger partial charge in [0.2, 0.25) is 0 Å². The van der Waals surface area contributed by atoms with Crippen molar-refractivity contribution in [2.75, 3.05) is 25.0 Å². The normalized spacial score (nSPS) is 13.7. The molecular formula is C18H26IN5. The van der Waals surface area contributed by atoms with E-state index in [1.54, 1.807) is 0 Å². The lowest BCUT2D eigenvalue weighted by Crippen LogP contribution is -2.41. The molecule has 130 valence electrons. The summed E-state index contributed by atoms with van der Waals surface area (Å²) in [7, 11) is 3.85. The second-order valence-corrected chi connectivity index (χ2v) is 6.03. The predicted molar refractivity (Wildman–Crippen MR) is 111 cm³/mol. The number of para-hydroxylation sites is 1. The number of aromatic nitrogens is 2. The summed E-state index contributed by atoms with van der Waals surface area (Å²) < 4.78 is 1.95. The fraction of sp³-hybridized carbons (Fsp3) is 0.444. The maximum Gasteiger partial charge on any atom is 0.198 e. The molecular weight excluding hydrogens is 413 g/mol. The van der Waals surface area contributed by atoms with Crippen LogP contribution < -0.4 is 10.2 Å². The number of benzene rings is 1. The van der Waals surface area contributed by atoms with Crippen molar-refractivity contribution >= 4 is 35.6 Å². The topological polar surface area (TPSA) is 45.5 Å². The largest absolute Gasteiger partial charge is 0.356 e. The number of nitrogens with one attached hydrogen (secondary N) is 1. The molecule has 1 aromatic carbocycles. The lowest BCUT2D eigenvalue weighted by molar-refractivity contribution is 0.729. The molecule has 0 spiro atoms. The monoisotopic (exact) mass is 439 g/mol. The molecule has 1 aromatic heterocycles. The number of hydrogen-bond acceptors (Lipinski definition) is 2. The molecule has 1 N–H and O–H groups in total. The first kappa shape index (κ1) is 18.8. The maximum atomic E-state index is 4.48. The molecule has 24 heavy (non-hydrogen) atoms. The van der Waals surface area contributed by atoms with Gasteiger partial charge in [-0.05, 0) is 43.9 Å². The molecule has 3 rings (SSSR count). The first-order valence-electron chi connectivity index (χ1n) is 8.17. The molecule has 6 heteroatoms. The van der Waals surface area contributed by atoms with Gasteiger partial charge in [-0.2, -0.15) is 5.10 Å². The highest BCUT2D eigenvalue weighted by Gasteiger charge is 2.22. The van der Waals surface area contributed by atoms with Crippen molar-refractivity contribution in [1.82, 2.24) is 15.1 Å². The Bertz CT molecular complexity index is 735. The van der Waals surface area contributed by atoms with Crippen LogP contribution in [0.3, 0.4) is 0 Å². The van der Waals surface area contributed by atoms with Crippen LogP contribution in [0.1, 0.15) is 22.5 Å². The van der Waals surface area contributed by atoms with Gasteiger partial charge < -0.3 is 10.2 Å². The summed E-state index contributed by atoms with van der Waals surface area (Å²) in [5.41, 5.74) is 6.36. The minimum absolute atomic E-state index is 0. The van der Waals surface area contributed by atoms with Crippen LogP contribution in [-0.2, 0) is 19.9 Å². The van der Waals surface area contributed by atoms with Crippen LogP contribution >= 0.6 is 24.0 Å². The Balaban J connectivity index is 0.00000208. The Morgan fingerprint density at radius 1 is 1.29 bits per heavy atom. The smallest absolute Gasteiger partial charge is 0.198 e. The molecule has 1 aliphatic heterocycles. The van der Waals surface area contributed by atoms with E-state index in [0.29, 0.717) is 0 Å². The van der Waals surface area contributed by atoms with Crippen LogP contribution in [0.5, 0.6) is 0 Å². The summed E-state index contributed by atoms with van der Waals surface area (Å²) in [6.07, 6.45) is 2.04. The average molecular weight is 439 g/mol. The van der Waals surface area contributed by atoms with Gasteiger partial charge in [-0.15, -0.1) is 24.0 Å². The van der Waals surface area contributed by atoms with Gasteiger partial charge in [0.25, 0.3) is 0 Å². The number of rotatable bonds is 3. The van der Waals surface area contributed by atoms with Crippen molar-refractivity contribution in [3.05, 3.63) is 46.8 Å². The highest BCUT2D eigenvalue weighted by Crippen LogP contribution is 2.27. The van der Waals surface area contributed by atoms with Gasteiger partial charge in [0.05, 0.1) is 5.69 Å². The fourth-order valence-electron chi connectivity index (χ4n) is 3.33. The molecule has 0 amide bonds. The molecule has 0 fully saturated rings. The molecule has 0 radical (unpaired) electrons. The Kier molecular flexibility index (Phi) is 6.26. The van der Waals surface area contributed by atoms with Crippen molar-refractivity contribution in [2.24, 2.45) is 12.0 Å². The first-order valence-corrected chi connectivity index (χ1v) is 8.17. The van der Waals surface area contributed by atoms with Crippen LogP contribution in [0.4, 0.5) is 5.69 Å². The quantitative estimate of drug-likeness (QED) is 0.455. The molecule has 2 aromatic rings. The average Bonchev–Trinajstić information content (AvgIpc) is 3.07. The zero-order valence-electron chi connectivity index (χ0n) is 14.8. The SMILES string of the molecule is CN=C(NCCc1c(C)nn(C)c1C)N1CCc2ccccc21.I. The van der Waals surface area contributed by atoms with E-state index in [9.17, 15) is 0 Å². The summed E-state index contributed by atoms with van der Waals surface area (Å²) in [6.45, 7) is 6.05. The second-order valence-electron chi connectivity index (χ2n) is 6.03. The number of aliphatic imine (C=N–C) groups is 1. The lowest BCUT2D eigenvalue weighted by Gasteiger charge is -2.22. The van der Waals surface area contributed by atoms with Gasteiger partial charge in [-0.1, -0.05) is 18.2 Å². The standard InChI is InChI=1S/C18H25N5.HI/c1-13-16(14(2)22(4)21-13)9-11-20-18(19-3)23-12-10-15-7-5-6-8-17(15)23;/h5-8H,9-12H2,1-4H3,(H,19,20);1H. The molecule has 0 bridgehead atoms. The van der Waals surface area contributed by atoms with E-state index >= 15 is 0 Å². The summed E-state index contributed by atoms with van der Waals surface area (Å²) in [5, 5.41) is 7.99. The van der Waals surface area contributed by atoms with Gasteiger partial charge in [0.15, 0.2) is 5.96 Å². The minimum Gasteiger partial charge on any atom is -0.356 e. The number of aryl methyl sites for hydroxylation is 2. The molecule has 1 aliphatic rings. The van der Waals surface area contributed by atoms with Gasteiger partial charge >= 0.3 is 0 Å². The zero-order chi connectivity index (χ0) is 16.4. The first-order chi connectivity index (χ1) is 11.1. The molecule has 0 aliphatic carbocycles. The van der Waals surface area contributed by atoms with E-state index in [2.05, 4.69) is 58.4 Å². The van der Waals surface area contributed by atoms with E-state index < -0.39 is 0 Å². The molecule has 0 saturated carbocycles. The summed E-state index contributed by atoms with van der Waals surface area (Å²) >= 11 is 0. The zero-order valence-corrected chi connectivity index (χ0v) is 17.2. The van der Waals surface area contributed by atoms with E-state index in [-0.39, 0.29) is 24.0 Å². The van der Waals surface area contributed by atoms with Crippen molar-refractivity contribution in [2.45, 2.75) is 26.7 Å². The van der Waals surface area contributed by atoms with Crippen molar-refractivity contribution < 1.29 is 0 Å². The third-order valence-electron chi connectivity index (χ3n) is 4.67. The fourth-order valence-corrected chi connectivity index (χ4v) is 3.33. The van der Waals surface area contributed by atoms with Gasteiger partial charge in [-0.3, -0.25) is 9.67 Å². The van der Waals surface area contributed by atoms with Crippen molar-refractivity contribution in [3.8, 4) is 0 Å². The highest BCUT2D eigenvalue weighted by molar-refractivity contribution is 14.0. The second kappa shape index (κ2) is 8.00. The van der Waals surface area contributed by atoms with Gasteiger partial charge in [0, 0.05) is 38.6 Å².